The summed E-state index contributed by atoms with van der Waals surface area (Å²) in [7, 11) is 0. The summed E-state index contributed by atoms with van der Waals surface area (Å²) >= 11 is 6.05. The molecule has 3 aromatic rings. The van der Waals surface area contributed by atoms with Crippen molar-refractivity contribution in [2.24, 2.45) is 0 Å². The van der Waals surface area contributed by atoms with E-state index in [1.807, 2.05) is 24.3 Å². The molecule has 1 unspecified atom stereocenters. The summed E-state index contributed by atoms with van der Waals surface area (Å²) in [6.45, 7) is 5.22. The first-order valence-corrected chi connectivity index (χ1v) is 7.58. The molecular formula is C18H18ClNO. The van der Waals surface area contributed by atoms with Crippen LogP contribution in [0.2, 0.25) is 5.02 Å². The van der Waals surface area contributed by atoms with Crippen LogP contribution in [0.15, 0.2) is 52.9 Å². The van der Waals surface area contributed by atoms with E-state index in [4.69, 9.17) is 16.0 Å². The van der Waals surface area contributed by atoms with Crippen LogP contribution in [0.25, 0.3) is 22.3 Å². The Balaban J connectivity index is 2.09. The molecule has 0 fully saturated rings. The Bertz CT molecular complexity index is 763. The highest BCUT2D eigenvalue weighted by Crippen LogP contribution is 2.33. The van der Waals surface area contributed by atoms with Crippen molar-refractivity contribution < 1.29 is 4.42 Å². The lowest BCUT2D eigenvalue weighted by atomic mass is 9.99. The van der Waals surface area contributed by atoms with Gasteiger partial charge in [0.15, 0.2) is 0 Å². The van der Waals surface area contributed by atoms with E-state index in [9.17, 15) is 0 Å². The lowest BCUT2D eigenvalue weighted by Crippen LogP contribution is -2.18. The minimum Gasteiger partial charge on any atom is -0.456 e. The van der Waals surface area contributed by atoms with E-state index in [-0.39, 0.29) is 6.04 Å². The number of fused-ring (bicyclic) bond motifs is 1. The summed E-state index contributed by atoms with van der Waals surface area (Å²) < 4.78 is 5.99. The Morgan fingerprint density at radius 2 is 1.95 bits per heavy atom. The normalized spacial score (nSPS) is 12.7. The van der Waals surface area contributed by atoms with E-state index in [0.717, 1.165) is 33.9 Å². The molecule has 3 rings (SSSR count). The summed E-state index contributed by atoms with van der Waals surface area (Å²) in [6, 6.07) is 16.4. The molecule has 0 amide bonds. The minimum atomic E-state index is 0.281. The van der Waals surface area contributed by atoms with Crippen molar-refractivity contribution in [3.8, 4) is 11.3 Å². The predicted molar refractivity (Wildman–Crippen MR) is 88.8 cm³/mol. The average molecular weight is 300 g/mol. The first-order valence-electron chi connectivity index (χ1n) is 7.21. The first kappa shape index (κ1) is 14.2. The molecular weight excluding hydrogens is 282 g/mol. The summed E-state index contributed by atoms with van der Waals surface area (Å²) in [5.74, 6) is 0.882. The number of rotatable bonds is 4. The maximum absolute atomic E-state index is 6.05. The van der Waals surface area contributed by atoms with Gasteiger partial charge in [-0.3, -0.25) is 0 Å². The van der Waals surface area contributed by atoms with Crippen LogP contribution >= 0.6 is 11.6 Å². The quantitative estimate of drug-likeness (QED) is 0.695. The van der Waals surface area contributed by atoms with Gasteiger partial charge in [0.1, 0.15) is 11.3 Å². The van der Waals surface area contributed by atoms with Gasteiger partial charge >= 0.3 is 0 Å². The zero-order valence-corrected chi connectivity index (χ0v) is 12.9. The van der Waals surface area contributed by atoms with E-state index in [2.05, 4.69) is 43.4 Å². The van der Waals surface area contributed by atoms with Crippen molar-refractivity contribution in [3.63, 3.8) is 0 Å². The van der Waals surface area contributed by atoms with Gasteiger partial charge in [-0.1, -0.05) is 42.8 Å². The van der Waals surface area contributed by atoms with E-state index in [0.29, 0.717) is 0 Å². The van der Waals surface area contributed by atoms with Crippen molar-refractivity contribution in [1.82, 2.24) is 5.32 Å². The molecule has 21 heavy (non-hydrogen) atoms. The van der Waals surface area contributed by atoms with E-state index in [1.54, 1.807) is 0 Å². The van der Waals surface area contributed by atoms with Crippen molar-refractivity contribution >= 4 is 22.6 Å². The van der Waals surface area contributed by atoms with Crippen molar-refractivity contribution in [3.05, 3.63) is 59.1 Å². The molecule has 1 N–H and O–H groups in total. The fourth-order valence-electron chi connectivity index (χ4n) is 2.66. The number of furan rings is 1. The number of halogens is 1. The molecule has 3 heteroatoms. The Kier molecular flexibility index (Phi) is 4.00. The molecule has 0 radical (unpaired) electrons. The maximum Gasteiger partial charge on any atom is 0.135 e. The van der Waals surface area contributed by atoms with Crippen molar-refractivity contribution in [1.29, 1.82) is 0 Å². The Morgan fingerprint density at radius 1 is 1.14 bits per heavy atom. The maximum atomic E-state index is 6.05. The molecule has 0 aliphatic heterocycles. The van der Waals surface area contributed by atoms with Crippen LogP contribution in [0.1, 0.15) is 25.5 Å². The summed E-state index contributed by atoms with van der Waals surface area (Å²) in [5, 5.41) is 5.21. The van der Waals surface area contributed by atoms with Gasteiger partial charge in [-0.05, 0) is 43.3 Å². The Morgan fingerprint density at radius 3 is 2.76 bits per heavy atom. The third-order valence-corrected chi connectivity index (χ3v) is 3.92. The zero-order chi connectivity index (χ0) is 14.8. The largest absolute Gasteiger partial charge is 0.456 e. The molecule has 0 spiro atoms. The van der Waals surface area contributed by atoms with Gasteiger partial charge in [0.25, 0.3) is 0 Å². The number of hydrogen-bond donors (Lipinski definition) is 1. The van der Waals surface area contributed by atoms with Crippen LogP contribution in [0, 0.1) is 0 Å². The van der Waals surface area contributed by atoms with Gasteiger partial charge in [-0.15, -0.1) is 0 Å². The molecule has 108 valence electrons. The van der Waals surface area contributed by atoms with E-state index >= 15 is 0 Å². The third-order valence-electron chi connectivity index (χ3n) is 3.68. The smallest absolute Gasteiger partial charge is 0.135 e. The Hall–Kier alpha value is -1.77. The molecule has 0 aliphatic carbocycles. The van der Waals surface area contributed by atoms with Gasteiger partial charge in [0, 0.05) is 22.0 Å². The summed E-state index contributed by atoms with van der Waals surface area (Å²) in [5.41, 5.74) is 3.23. The second-order valence-electron chi connectivity index (χ2n) is 5.16. The average Bonchev–Trinajstić information content (AvgIpc) is 2.90. The molecule has 0 bridgehead atoms. The van der Waals surface area contributed by atoms with Crippen LogP contribution in [-0.4, -0.2) is 6.54 Å². The van der Waals surface area contributed by atoms with Gasteiger partial charge in [0.2, 0.25) is 0 Å². The minimum absolute atomic E-state index is 0.281. The topological polar surface area (TPSA) is 25.2 Å². The molecule has 2 aromatic carbocycles. The predicted octanol–water partition coefficient (Wildman–Crippen LogP) is 5.42. The van der Waals surface area contributed by atoms with E-state index < -0.39 is 0 Å². The molecule has 0 aliphatic rings. The molecule has 1 aromatic heterocycles. The van der Waals surface area contributed by atoms with E-state index in [1.165, 1.54) is 5.56 Å². The number of nitrogens with one attached hydrogen (secondary N) is 1. The highest BCUT2D eigenvalue weighted by molar-refractivity contribution is 6.31. The SMILES string of the molecule is CCNC(C)c1ccccc1-c1cc2cc(Cl)ccc2o1. The molecule has 0 saturated carbocycles. The number of hydrogen-bond acceptors (Lipinski definition) is 2. The van der Waals surface area contributed by atoms with Crippen LogP contribution in [0.4, 0.5) is 0 Å². The molecule has 2 nitrogen and oxygen atoms in total. The zero-order valence-electron chi connectivity index (χ0n) is 12.2. The van der Waals surface area contributed by atoms with Crippen molar-refractivity contribution in [2.75, 3.05) is 6.54 Å². The number of benzene rings is 2. The van der Waals surface area contributed by atoms with Crippen LogP contribution in [0.5, 0.6) is 0 Å². The third kappa shape index (κ3) is 2.82. The molecule has 1 atom stereocenters. The Labute approximate surface area is 129 Å². The van der Waals surface area contributed by atoms with Gasteiger partial charge < -0.3 is 9.73 Å². The lowest BCUT2D eigenvalue weighted by molar-refractivity contribution is 0.592. The first-order chi connectivity index (χ1) is 10.2. The van der Waals surface area contributed by atoms with Gasteiger partial charge in [0.05, 0.1) is 0 Å². The molecule has 0 saturated heterocycles. The second-order valence-corrected chi connectivity index (χ2v) is 5.60. The van der Waals surface area contributed by atoms with Crippen LogP contribution < -0.4 is 5.32 Å². The lowest BCUT2D eigenvalue weighted by Gasteiger charge is -2.15. The second kappa shape index (κ2) is 5.92. The van der Waals surface area contributed by atoms with Crippen LogP contribution in [-0.2, 0) is 0 Å². The molecule has 1 heterocycles. The van der Waals surface area contributed by atoms with Crippen molar-refractivity contribution in [2.45, 2.75) is 19.9 Å². The standard InChI is InChI=1S/C18H18ClNO/c1-3-20-12(2)15-6-4-5-7-16(15)18-11-13-10-14(19)8-9-17(13)21-18/h4-12,20H,3H2,1-2H3. The van der Waals surface area contributed by atoms with Gasteiger partial charge in [-0.2, -0.15) is 0 Å². The highest BCUT2D eigenvalue weighted by atomic mass is 35.5. The summed E-state index contributed by atoms with van der Waals surface area (Å²) in [6.07, 6.45) is 0. The highest BCUT2D eigenvalue weighted by Gasteiger charge is 2.14. The van der Waals surface area contributed by atoms with Gasteiger partial charge in [-0.25, -0.2) is 0 Å². The fraction of sp³-hybridized carbons (Fsp3) is 0.222. The monoisotopic (exact) mass is 299 g/mol. The summed E-state index contributed by atoms with van der Waals surface area (Å²) in [4.78, 5) is 0. The fourth-order valence-corrected chi connectivity index (χ4v) is 2.84. The van der Waals surface area contributed by atoms with Crippen LogP contribution in [0.3, 0.4) is 0 Å².